The van der Waals surface area contributed by atoms with Crippen LogP contribution in [0.4, 0.5) is 0 Å². The van der Waals surface area contributed by atoms with Gasteiger partial charge in [-0.3, -0.25) is 9.69 Å². The van der Waals surface area contributed by atoms with Gasteiger partial charge in [0.2, 0.25) is 5.91 Å². The van der Waals surface area contributed by atoms with Gasteiger partial charge >= 0.3 is 0 Å². The number of carbonyl (C=O) groups is 1. The molecule has 1 N–H and O–H groups in total. The molecule has 1 aromatic carbocycles. The van der Waals surface area contributed by atoms with Crippen molar-refractivity contribution >= 4 is 17.2 Å². The molecule has 0 spiro atoms. The molecule has 0 aliphatic carbocycles. The van der Waals surface area contributed by atoms with Crippen molar-refractivity contribution in [3.05, 3.63) is 58.3 Å². The number of benzene rings is 1. The van der Waals surface area contributed by atoms with Crippen LogP contribution in [0, 0.1) is 0 Å². The number of carbonyl (C=O) groups excluding carboxylic acids is 1. The molecule has 22 heavy (non-hydrogen) atoms. The third kappa shape index (κ3) is 4.97. The summed E-state index contributed by atoms with van der Waals surface area (Å²) in [5, 5.41) is 5.12. The van der Waals surface area contributed by atoms with Gasteiger partial charge in [-0.1, -0.05) is 36.4 Å². The highest BCUT2D eigenvalue weighted by atomic mass is 32.1. The summed E-state index contributed by atoms with van der Waals surface area (Å²) in [4.78, 5) is 15.7. The number of hydrogen-bond acceptors (Lipinski definition) is 3. The number of hydrogen-bond donors (Lipinski definition) is 1. The third-order valence-electron chi connectivity index (χ3n) is 3.65. The zero-order chi connectivity index (χ0) is 15.9. The van der Waals surface area contributed by atoms with Crippen LogP contribution in [0.25, 0.3) is 0 Å². The van der Waals surface area contributed by atoms with Gasteiger partial charge < -0.3 is 5.32 Å². The van der Waals surface area contributed by atoms with Crippen molar-refractivity contribution in [2.75, 3.05) is 6.54 Å². The van der Waals surface area contributed by atoms with E-state index in [1.54, 1.807) is 11.3 Å². The standard InChI is InChI=1S/C18H24N2OS/c1-14(2)20(12-16-8-5-4-6-9-16)13-18(21)19-15(3)17-10-7-11-22-17/h4-11,14-15H,12-13H2,1-3H3,(H,19,21). The van der Waals surface area contributed by atoms with E-state index in [-0.39, 0.29) is 11.9 Å². The van der Waals surface area contributed by atoms with Crippen molar-refractivity contribution in [2.45, 2.75) is 39.4 Å². The Kier molecular flexibility index (Phi) is 6.16. The fourth-order valence-corrected chi connectivity index (χ4v) is 3.05. The topological polar surface area (TPSA) is 32.3 Å². The highest BCUT2D eigenvalue weighted by molar-refractivity contribution is 7.10. The summed E-state index contributed by atoms with van der Waals surface area (Å²) in [6.45, 7) is 7.49. The lowest BCUT2D eigenvalue weighted by molar-refractivity contribution is -0.123. The van der Waals surface area contributed by atoms with Crippen molar-refractivity contribution < 1.29 is 4.79 Å². The Morgan fingerprint density at radius 1 is 1.14 bits per heavy atom. The van der Waals surface area contributed by atoms with Crippen LogP contribution in [-0.4, -0.2) is 23.4 Å². The van der Waals surface area contributed by atoms with Gasteiger partial charge in [0, 0.05) is 17.5 Å². The van der Waals surface area contributed by atoms with E-state index in [0.29, 0.717) is 12.6 Å². The molecule has 1 unspecified atom stereocenters. The van der Waals surface area contributed by atoms with E-state index in [0.717, 1.165) is 6.54 Å². The van der Waals surface area contributed by atoms with Gasteiger partial charge in [-0.05, 0) is 37.8 Å². The van der Waals surface area contributed by atoms with E-state index in [9.17, 15) is 4.79 Å². The molecule has 0 aliphatic rings. The molecule has 2 aromatic rings. The van der Waals surface area contributed by atoms with Gasteiger partial charge in [-0.25, -0.2) is 0 Å². The molecule has 1 heterocycles. The van der Waals surface area contributed by atoms with Crippen LogP contribution in [-0.2, 0) is 11.3 Å². The fraction of sp³-hybridized carbons (Fsp3) is 0.389. The molecule has 0 saturated carbocycles. The van der Waals surface area contributed by atoms with Crippen molar-refractivity contribution in [1.29, 1.82) is 0 Å². The molecule has 3 nitrogen and oxygen atoms in total. The number of nitrogens with zero attached hydrogens (tertiary/aromatic N) is 1. The van der Waals surface area contributed by atoms with Crippen LogP contribution >= 0.6 is 11.3 Å². The lowest BCUT2D eigenvalue weighted by atomic mass is 10.2. The van der Waals surface area contributed by atoms with Crippen LogP contribution < -0.4 is 5.32 Å². The van der Waals surface area contributed by atoms with Gasteiger partial charge in [0.05, 0.1) is 12.6 Å². The van der Waals surface area contributed by atoms with Gasteiger partial charge in [-0.2, -0.15) is 0 Å². The second kappa shape index (κ2) is 8.11. The van der Waals surface area contributed by atoms with E-state index in [2.05, 4.69) is 42.3 Å². The summed E-state index contributed by atoms with van der Waals surface area (Å²) >= 11 is 1.67. The molecular weight excluding hydrogens is 292 g/mol. The minimum Gasteiger partial charge on any atom is -0.348 e. The quantitative estimate of drug-likeness (QED) is 0.842. The van der Waals surface area contributed by atoms with Crippen molar-refractivity contribution in [2.24, 2.45) is 0 Å². The third-order valence-corrected chi connectivity index (χ3v) is 4.71. The Hall–Kier alpha value is -1.65. The number of nitrogens with one attached hydrogen (secondary N) is 1. The van der Waals surface area contributed by atoms with Crippen LogP contribution in [0.1, 0.15) is 37.3 Å². The van der Waals surface area contributed by atoms with Crippen LogP contribution in [0.2, 0.25) is 0 Å². The minimum absolute atomic E-state index is 0.0678. The number of rotatable bonds is 7. The molecule has 0 fully saturated rings. The average Bonchev–Trinajstić information content (AvgIpc) is 3.01. The lowest BCUT2D eigenvalue weighted by Gasteiger charge is -2.26. The molecule has 4 heteroatoms. The molecule has 1 amide bonds. The Balaban J connectivity index is 1.91. The summed E-state index contributed by atoms with van der Waals surface area (Å²) in [6.07, 6.45) is 0. The second-order valence-corrected chi connectivity index (χ2v) is 6.77. The highest BCUT2D eigenvalue weighted by Gasteiger charge is 2.16. The van der Waals surface area contributed by atoms with E-state index >= 15 is 0 Å². The smallest absolute Gasteiger partial charge is 0.234 e. The highest BCUT2D eigenvalue weighted by Crippen LogP contribution is 2.18. The largest absolute Gasteiger partial charge is 0.348 e. The van der Waals surface area contributed by atoms with E-state index in [4.69, 9.17) is 0 Å². The molecule has 0 bridgehead atoms. The lowest BCUT2D eigenvalue weighted by Crippen LogP contribution is -2.41. The first-order valence-corrected chi connectivity index (χ1v) is 8.55. The summed E-state index contributed by atoms with van der Waals surface area (Å²) in [5.74, 6) is 0.0746. The van der Waals surface area contributed by atoms with Gasteiger partial charge in [-0.15, -0.1) is 11.3 Å². The molecule has 0 aliphatic heterocycles. The normalized spacial score (nSPS) is 12.6. The molecule has 2 rings (SSSR count). The first-order chi connectivity index (χ1) is 10.6. The molecule has 1 aromatic heterocycles. The van der Waals surface area contributed by atoms with Crippen LogP contribution in [0.3, 0.4) is 0 Å². The van der Waals surface area contributed by atoms with Gasteiger partial charge in [0.1, 0.15) is 0 Å². The molecule has 0 saturated heterocycles. The predicted octanol–water partition coefficient (Wildman–Crippen LogP) is 3.84. The van der Waals surface area contributed by atoms with Crippen LogP contribution in [0.15, 0.2) is 47.8 Å². The van der Waals surface area contributed by atoms with Gasteiger partial charge in [0.15, 0.2) is 0 Å². The zero-order valence-electron chi connectivity index (χ0n) is 13.5. The average molecular weight is 316 g/mol. The van der Waals surface area contributed by atoms with Crippen molar-refractivity contribution in [1.82, 2.24) is 10.2 Å². The summed E-state index contributed by atoms with van der Waals surface area (Å²) < 4.78 is 0. The van der Waals surface area contributed by atoms with E-state index in [1.807, 2.05) is 36.6 Å². The Bertz CT molecular complexity index is 566. The number of thiophene rings is 1. The summed E-state index contributed by atoms with van der Waals surface area (Å²) in [6, 6.07) is 14.7. The van der Waals surface area contributed by atoms with E-state index < -0.39 is 0 Å². The maximum absolute atomic E-state index is 12.3. The molecule has 118 valence electrons. The van der Waals surface area contributed by atoms with Crippen molar-refractivity contribution in [3.63, 3.8) is 0 Å². The van der Waals surface area contributed by atoms with Gasteiger partial charge in [0.25, 0.3) is 0 Å². The Morgan fingerprint density at radius 2 is 1.86 bits per heavy atom. The second-order valence-electron chi connectivity index (χ2n) is 5.79. The maximum atomic E-state index is 12.3. The van der Waals surface area contributed by atoms with E-state index in [1.165, 1.54) is 10.4 Å². The molecular formula is C18H24N2OS. The first-order valence-electron chi connectivity index (χ1n) is 7.67. The Labute approximate surface area is 137 Å². The monoisotopic (exact) mass is 316 g/mol. The summed E-state index contributed by atoms with van der Waals surface area (Å²) in [7, 11) is 0. The summed E-state index contributed by atoms with van der Waals surface area (Å²) in [5.41, 5.74) is 1.23. The van der Waals surface area contributed by atoms with Crippen LogP contribution in [0.5, 0.6) is 0 Å². The fourth-order valence-electron chi connectivity index (χ4n) is 2.32. The Morgan fingerprint density at radius 3 is 2.45 bits per heavy atom. The number of amides is 1. The first kappa shape index (κ1) is 16.7. The van der Waals surface area contributed by atoms with Crippen molar-refractivity contribution in [3.8, 4) is 0 Å². The predicted molar refractivity (Wildman–Crippen MR) is 92.9 cm³/mol. The zero-order valence-corrected chi connectivity index (χ0v) is 14.3. The maximum Gasteiger partial charge on any atom is 0.234 e. The molecule has 1 atom stereocenters. The SMILES string of the molecule is CC(NC(=O)CN(Cc1ccccc1)C(C)C)c1cccs1. The minimum atomic E-state index is 0.0678. The molecule has 0 radical (unpaired) electrons.